The predicted molar refractivity (Wildman–Crippen MR) is 91.5 cm³/mol. The third-order valence-electron chi connectivity index (χ3n) is 3.25. The number of amides is 1. The molecule has 2 heterocycles. The van der Waals surface area contributed by atoms with Crippen LogP contribution in [0.3, 0.4) is 0 Å². The molecule has 6 nitrogen and oxygen atoms in total. The molecule has 1 aromatic carbocycles. The van der Waals surface area contributed by atoms with Crippen LogP contribution in [0.25, 0.3) is 0 Å². The highest BCUT2D eigenvalue weighted by molar-refractivity contribution is 7.91. The van der Waals surface area contributed by atoms with Crippen LogP contribution in [0.4, 0.5) is 10.2 Å². The van der Waals surface area contributed by atoms with E-state index in [1.54, 1.807) is 16.8 Å². The quantitative estimate of drug-likeness (QED) is 0.527. The Morgan fingerprint density at radius 1 is 1.08 bits per heavy atom. The summed E-state index contributed by atoms with van der Waals surface area (Å²) in [6.07, 6.45) is 1.30. The van der Waals surface area contributed by atoms with Gasteiger partial charge in [-0.2, -0.15) is 11.3 Å². The maximum atomic E-state index is 13.0. The smallest absolute Gasteiger partial charge is 0.270 e. The fraction of sp³-hybridized carbons (Fsp3) is 0. The van der Waals surface area contributed by atoms with Gasteiger partial charge in [-0.15, -0.1) is 0 Å². The second kappa shape index (κ2) is 6.99. The Hall–Kier alpha value is -2.78. The maximum absolute atomic E-state index is 13.0. The van der Waals surface area contributed by atoms with Crippen molar-refractivity contribution in [1.29, 1.82) is 0 Å². The van der Waals surface area contributed by atoms with Gasteiger partial charge in [-0.3, -0.25) is 15.6 Å². The Balaban J connectivity index is 1.79. The number of nitrogens with one attached hydrogen (secondary N) is 2. The van der Waals surface area contributed by atoms with Crippen molar-refractivity contribution >= 4 is 32.9 Å². The molecule has 0 atom stereocenters. The molecule has 0 saturated heterocycles. The third kappa shape index (κ3) is 3.83. The topological polar surface area (TPSA) is 88.2 Å². The zero-order chi connectivity index (χ0) is 17.9. The molecule has 0 unspecified atom stereocenters. The minimum Gasteiger partial charge on any atom is -0.282 e. The van der Waals surface area contributed by atoms with E-state index in [0.717, 1.165) is 12.1 Å². The van der Waals surface area contributed by atoms with Gasteiger partial charge in [0, 0.05) is 17.6 Å². The van der Waals surface area contributed by atoms with E-state index in [2.05, 4.69) is 15.8 Å². The number of sulfone groups is 1. The highest BCUT2D eigenvalue weighted by Gasteiger charge is 2.18. The normalized spacial score (nSPS) is 11.1. The molecule has 3 aromatic rings. The van der Waals surface area contributed by atoms with Crippen molar-refractivity contribution in [3.05, 3.63) is 70.8 Å². The molecule has 128 valence electrons. The molecule has 2 aromatic heterocycles. The summed E-state index contributed by atoms with van der Waals surface area (Å²) in [5, 5.41) is 3.45. The SMILES string of the molecule is O=C(NNc1cc(S(=O)(=O)c2ccc(F)cc2)ccn1)c1ccsc1. The fourth-order valence-electron chi connectivity index (χ4n) is 1.98. The largest absolute Gasteiger partial charge is 0.282 e. The number of benzene rings is 1. The summed E-state index contributed by atoms with van der Waals surface area (Å²) in [4.78, 5) is 15.8. The van der Waals surface area contributed by atoms with Crippen molar-refractivity contribution in [2.45, 2.75) is 9.79 Å². The Bertz CT molecular complexity index is 988. The van der Waals surface area contributed by atoms with E-state index in [-0.39, 0.29) is 21.5 Å². The van der Waals surface area contributed by atoms with E-state index in [9.17, 15) is 17.6 Å². The zero-order valence-corrected chi connectivity index (χ0v) is 14.3. The summed E-state index contributed by atoms with van der Waals surface area (Å²) >= 11 is 1.38. The average molecular weight is 377 g/mol. The van der Waals surface area contributed by atoms with Gasteiger partial charge >= 0.3 is 0 Å². The number of carbonyl (C=O) groups is 1. The first-order valence-electron chi connectivity index (χ1n) is 7.02. The van der Waals surface area contributed by atoms with Crippen molar-refractivity contribution in [1.82, 2.24) is 10.4 Å². The Morgan fingerprint density at radius 3 is 2.52 bits per heavy atom. The number of hydrogen-bond donors (Lipinski definition) is 2. The molecule has 0 fully saturated rings. The van der Waals surface area contributed by atoms with E-state index in [0.29, 0.717) is 5.56 Å². The molecule has 0 aliphatic heterocycles. The molecule has 1 amide bonds. The lowest BCUT2D eigenvalue weighted by atomic mass is 10.3. The molecule has 2 N–H and O–H groups in total. The van der Waals surface area contributed by atoms with Crippen LogP contribution in [0.2, 0.25) is 0 Å². The van der Waals surface area contributed by atoms with Crippen LogP contribution < -0.4 is 10.9 Å². The van der Waals surface area contributed by atoms with Gasteiger partial charge in [0.15, 0.2) is 0 Å². The molecule has 0 spiro atoms. The Morgan fingerprint density at radius 2 is 1.84 bits per heavy atom. The molecular formula is C16H12FN3O3S2. The van der Waals surface area contributed by atoms with Gasteiger partial charge < -0.3 is 0 Å². The van der Waals surface area contributed by atoms with Crippen molar-refractivity contribution in [3.8, 4) is 0 Å². The van der Waals surface area contributed by atoms with Crippen LogP contribution >= 0.6 is 11.3 Å². The molecule has 0 radical (unpaired) electrons. The van der Waals surface area contributed by atoms with Gasteiger partial charge in [0.05, 0.1) is 15.4 Å². The molecule has 9 heteroatoms. The molecule has 0 aliphatic carbocycles. The lowest BCUT2D eigenvalue weighted by Gasteiger charge is -2.09. The zero-order valence-electron chi connectivity index (χ0n) is 12.6. The summed E-state index contributed by atoms with van der Waals surface area (Å²) in [5.41, 5.74) is 5.49. The van der Waals surface area contributed by atoms with E-state index < -0.39 is 15.7 Å². The number of halogens is 1. The van der Waals surface area contributed by atoms with Gasteiger partial charge in [-0.05, 0) is 41.8 Å². The van der Waals surface area contributed by atoms with E-state index >= 15 is 0 Å². The van der Waals surface area contributed by atoms with Crippen LogP contribution in [0.5, 0.6) is 0 Å². The van der Waals surface area contributed by atoms with Crippen LogP contribution in [-0.2, 0) is 9.84 Å². The summed E-state index contributed by atoms with van der Waals surface area (Å²) in [5.74, 6) is -0.728. The van der Waals surface area contributed by atoms with Gasteiger partial charge in [0.2, 0.25) is 9.84 Å². The lowest BCUT2D eigenvalue weighted by molar-refractivity contribution is 0.0963. The molecule has 25 heavy (non-hydrogen) atoms. The maximum Gasteiger partial charge on any atom is 0.270 e. The Kier molecular flexibility index (Phi) is 4.77. The van der Waals surface area contributed by atoms with Gasteiger partial charge in [0.25, 0.3) is 5.91 Å². The minimum absolute atomic E-state index is 0.0265. The number of nitrogens with zero attached hydrogens (tertiary/aromatic N) is 1. The third-order valence-corrected chi connectivity index (χ3v) is 5.70. The number of pyridine rings is 1. The van der Waals surface area contributed by atoms with Crippen LogP contribution in [0.15, 0.2) is 69.2 Å². The van der Waals surface area contributed by atoms with Gasteiger partial charge in [-0.1, -0.05) is 0 Å². The number of hydrogen-bond acceptors (Lipinski definition) is 6. The van der Waals surface area contributed by atoms with Gasteiger partial charge in [0.1, 0.15) is 11.6 Å². The summed E-state index contributed by atoms with van der Waals surface area (Å²) < 4.78 is 38.1. The van der Waals surface area contributed by atoms with Crippen LogP contribution in [0.1, 0.15) is 10.4 Å². The first-order valence-corrected chi connectivity index (χ1v) is 9.45. The number of hydrazine groups is 1. The highest BCUT2D eigenvalue weighted by atomic mass is 32.2. The van der Waals surface area contributed by atoms with Crippen molar-refractivity contribution < 1.29 is 17.6 Å². The second-order valence-electron chi connectivity index (χ2n) is 4.93. The number of carbonyl (C=O) groups excluding carboxylic acids is 1. The van der Waals surface area contributed by atoms with Crippen molar-refractivity contribution in [2.75, 3.05) is 5.43 Å². The summed E-state index contributed by atoms with van der Waals surface area (Å²) in [6, 6.07) is 8.80. The number of aromatic nitrogens is 1. The number of thiophene rings is 1. The van der Waals surface area contributed by atoms with Crippen LogP contribution in [-0.4, -0.2) is 19.3 Å². The molecular weight excluding hydrogens is 365 g/mol. The summed E-state index contributed by atoms with van der Waals surface area (Å²) in [6.45, 7) is 0. The van der Waals surface area contributed by atoms with Crippen molar-refractivity contribution in [2.24, 2.45) is 0 Å². The fourth-order valence-corrected chi connectivity index (χ4v) is 3.89. The van der Waals surface area contributed by atoms with E-state index in [1.165, 1.54) is 41.8 Å². The standard InChI is InChI=1S/C16H12FN3O3S2/c17-12-1-3-13(4-2-12)25(22,23)14-5-7-18-15(9-14)19-20-16(21)11-6-8-24-10-11/h1-10H,(H,18,19)(H,20,21). The van der Waals surface area contributed by atoms with E-state index in [1.807, 2.05) is 0 Å². The van der Waals surface area contributed by atoms with Crippen LogP contribution in [0, 0.1) is 5.82 Å². The highest BCUT2D eigenvalue weighted by Crippen LogP contribution is 2.22. The number of rotatable bonds is 5. The van der Waals surface area contributed by atoms with Crippen molar-refractivity contribution in [3.63, 3.8) is 0 Å². The first kappa shape index (κ1) is 17.1. The molecule has 0 bridgehead atoms. The first-order chi connectivity index (χ1) is 12.0. The summed E-state index contributed by atoms with van der Waals surface area (Å²) in [7, 11) is -3.82. The monoisotopic (exact) mass is 377 g/mol. The second-order valence-corrected chi connectivity index (χ2v) is 7.66. The molecule has 0 saturated carbocycles. The Labute approximate surface area is 147 Å². The van der Waals surface area contributed by atoms with E-state index in [4.69, 9.17) is 0 Å². The lowest BCUT2D eigenvalue weighted by Crippen LogP contribution is -2.29. The minimum atomic E-state index is -3.82. The van der Waals surface area contributed by atoms with Gasteiger partial charge in [-0.25, -0.2) is 17.8 Å². The average Bonchev–Trinajstić information content (AvgIpc) is 3.15. The predicted octanol–water partition coefficient (Wildman–Crippen LogP) is 2.87. The number of anilines is 1. The molecule has 3 rings (SSSR count). The molecule has 0 aliphatic rings.